The summed E-state index contributed by atoms with van der Waals surface area (Å²) in [6.45, 7) is 0.256. The minimum Gasteiger partial charge on any atom is -0.478 e. The van der Waals surface area contributed by atoms with Crippen LogP contribution in [-0.4, -0.2) is 36.2 Å². The number of benzene rings is 3. The van der Waals surface area contributed by atoms with E-state index < -0.39 is 18.0 Å². The maximum absolute atomic E-state index is 12.2. The summed E-state index contributed by atoms with van der Waals surface area (Å²) in [7, 11) is 0. The molecule has 33 heavy (non-hydrogen) atoms. The fourth-order valence-electron chi connectivity index (χ4n) is 3.94. The monoisotopic (exact) mass is 556 g/mol. The Kier molecular flexibility index (Phi) is 6.93. The SMILES string of the molecule is O=C(CCNC(=O)OCC1c2ccccc2-c2ccccc21)Nc1ccc(I)cc1C(=O)O. The minimum absolute atomic E-state index is 0.0137. The molecular weight excluding hydrogens is 535 g/mol. The van der Waals surface area contributed by atoms with Gasteiger partial charge in [0.1, 0.15) is 6.61 Å². The van der Waals surface area contributed by atoms with Crippen molar-refractivity contribution in [2.75, 3.05) is 18.5 Å². The summed E-state index contributed by atoms with van der Waals surface area (Å²) in [5, 5.41) is 14.4. The maximum atomic E-state index is 12.2. The number of rotatable bonds is 7. The molecule has 0 bridgehead atoms. The first kappa shape index (κ1) is 22.8. The van der Waals surface area contributed by atoms with E-state index in [9.17, 15) is 19.5 Å². The van der Waals surface area contributed by atoms with Crippen LogP contribution in [-0.2, 0) is 9.53 Å². The molecule has 0 saturated heterocycles. The Balaban J connectivity index is 1.28. The van der Waals surface area contributed by atoms with Crippen LogP contribution in [0.2, 0.25) is 0 Å². The molecule has 0 saturated carbocycles. The number of amides is 2. The Hall–Kier alpha value is -3.40. The summed E-state index contributed by atoms with van der Waals surface area (Å²) in [4.78, 5) is 35.8. The van der Waals surface area contributed by atoms with Crippen LogP contribution in [0.5, 0.6) is 0 Å². The number of hydrogen-bond donors (Lipinski definition) is 3. The molecule has 0 aliphatic heterocycles. The number of fused-ring (bicyclic) bond motifs is 3. The van der Waals surface area contributed by atoms with Crippen LogP contribution in [0.25, 0.3) is 11.1 Å². The quantitative estimate of drug-likeness (QED) is 0.361. The van der Waals surface area contributed by atoms with Crippen molar-refractivity contribution in [1.29, 1.82) is 0 Å². The summed E-state index contributed by atoms with van der Waals surface area (Å²) >= 11 is 2.00. The van der Waals surface area contributed by atoms with Gasteiger partial charge in [0.05, 0.1) is 11.3 Å². The third kappa shape index (κ3) is 5.16. The number of aromatic carboxylic acids is 1. The molecule has 0 atom stereocenters. The van der Waals surface area contributed by atoms with E-state index in [1.54, 1.807) is 12.1 Å². The Morgan fingerprint density at radius 1 is 0.939 bits per heavy atom. The van der Waals surface area contributed by atoms with E-state index in [1.807, 2.05) is 59.0 Å². The van der Waals surface area contributed by atoms with E-state index in [0.717, 1.165) is 25.8 Å². The second kappa shape index (κ2) is 10.0. The molecule has 0 unspecified atom stereocenters. The Morgan fingerprint density at radius 2 is 1.58 bits per heavy atom. The van der Waals surface area contributed by atoms with E-state index in [2.05, 4.69) is 22.8 Å². The molecule has 0 radical (unpaired) electrons. The third-order valence-corrected chi connectivity index (χ3v) is 6.12. The molecule has 4 rings (SSSR count). The first-order valence-electron chi connectivity index (χ1n) is 10.4. The van der Waals surface area contributed by atoms with E-state index >= 15 is 0 Å². The normalized spacial score (nSPS) is 11.9. The number of halogens is 1. The third-order valence-electron chi connectivity index (χ3n) is 5.45. The number of nitrogens with one attached hydrogen (secondary N) is 2. The van der Waals surface area contributed by atoms with Crippen molar-refractivity contribution in [2.24, 2.45) is 0 Å². The van der Waals surface area contributed by atoms with Crippen LogP contribution in [0.3, 0.4) is 0 Å². The highest BCUT2D eigenvalue weighted by Gasteiger charge is 2.29. The molecular formula is C25H21IN2O5. The first-order valence-corrected chi connectivity index (χ1v) is 11.4. The van der Waals surface area contributed by atoms with Gasteiger partial charge in [-0.25, -0.2) is 9.59 Å². The van der Waals surface area contributed by atoms with Crippen LogP contribution in [0.15, 0.2) is 66.7 Å². The standard InChI is InChI=1S/C25H21IN2O5/c26-15-9-10-22(20(13-15)24(30)31)28-23(29)11-12-27-25(32)33-14-21-18-7-3-1-5-16(18)17-6-2-4-8-19(17)21/h1-10,13,21H,11-12,14H2,(H,27,32)(H,28,29)(H,30,31). The van der Waals surface area contributed by atoms with E-state index in [-0.39, 0.29) is 36.7 Å². The molecule has 2 amide bonds. The lowest BCUT2D eigenvalue weighted by atomic mass is 9.98. The summed E-state index contributed by atoms with van der Waals surface area (Å²) in [6, 6.07) is 20.9. The number of alkyl carbamates (subject to hydrolysis) is 1. The Bertz CT molecular complexity index is 1180. The lowest BCUT2D eigenvalue weighted by Crippen LogP contribution is -2.29. The predicted octanol–water partition coefficient (Wildman–Crippen LogP) is 4.86. The first-order chi connectivity index (χ1) is 15.9. The van der Waals surface area contributed by atoms with Gasteiger partial charge in [-0.1, -0.05) is 48.5 Å². The van der Waals surface area contributed by atoms with Gasteiger partial charge >= 0.3 is 12.1 Å². The number of carbonyl (C=O) groups excluding carboxylic acids is 2. The largest absolute Gasteiger partial charge is 0.478 e. The van der Waals surface area contributed by atoms with Crippen molar-refractivity contribution in [3.63, 3.8) is 0 Å². The minimum atomic E-state index is -1.12. The molecule has 8 heteroatoms. The zero-order valence-corrected chi connectivity index (χ0v) is 19.7. The lowest BCUT2D eigenvalue weighted by Gasteiger charge is -2.14. The number of anilines is 1. The van der Waals surface area contributed by atoms with E-state index in [0.29, 0.717) is 0 Å². The number of carboxylic acids is 1. The zero-order chi connectivity index (χ0) is 23.4. The van der Waals surface area contributed by atoms with Gasteiger partial charge in [-0.3, -0.25) is 4.79 Å². The van der Waals surface area contributed by atoms with Gasteiger partial charge < -0.3 is 20.5 Å². The molecule has 0 heterocycles. The van der Waals surface area contributed by atoms with Crippen molar-refractivity contribution >= 4 is 46.2 Å². The van der Waals surface area contributed by atoms with Crippen molar-refractivity contribution in [3.05, 3.63) is 87.0 Å². The van der Waals surface area contributed by atoms with E-state index in [1.165, 1.54) is 6.07 Å². The van der Waals surface area contributed by atoms with Crippen molar-refractivity contribution in [1.82, 2.24) is 5.32 Å². The predicted molar refractivity (Wildman–Crippen MR) is 132 cm³/mol. The highest BCUT2D eigenvalue weighted by atomic mass is 127. The zero-order valence-electron chi connectivity index (χ0n) is 17.5. The van der Waals surface area contributed by atoms with Crippen LogP contribution < -0.4 is 10.6 Å². The average Bonchev–Trinajstić information content (AvgIpc) is 3.12. The fraction of sp³-hybridized carbons (Fsp3) is 0.160. The van der Waals surface area contributed by atoms with Crippen molar-refractivity contribution in [3.8, 4) is 11.1 Å². The molecule has 3 aromatic rings. The number of carboxylic acid groups (broad SMARTS) is 1. The summed E-state index contributed by atoms with van der Waals surface area (Å²) < 4.78 is 6.19. The van der Waals surface area contributed by atoms with Gasteiger partial charge in [-0.15, -0.1) is 0 Å². The number of ether oxygens (including phenoxy) is 1. The maximum Gasteiger partial charge on any atom is 0.407 e. The Morgan fingerprint density at radius 3 is 2.21 bits per heavy atom. The summed E-state index contributed by atoms with van der Waals surface area (Å²) in [5.41, 5.74) is 4.77. The molecule has 1 aliphatic rings. The Labute approximate surface area is 204 Å². The topological polar surface area (TPSA) is 105 Å². The van der Waals surface area contributed by atoms with Crippen LogP contribution in [0, 0.1) is 3.57 Å². The molecule has 0 aromatic heterocycles. The van der Waals surface area contributed by atoms with Gasteiger partial charge in [0.25, 0.3) is 0 Å². The molecule has 3 aromatic carbocycles. The summed E-state index contributed by atoms with van der Waals surface area (Å²) in [5.74, 6) is -1.57. The second-order valence-electron chi connectivity index (χ2n) is 7.55. The molecule has 0 spiro atoms. The van der Waals surface area contributed by atoms with Crippen LogP contribution in [0.4, 0.5) is 10.5 Å². The van der Waals surface area contributed by atoms with Crippen molar-refractivity contribution < 1.29 is 24.2 Å². The molecule has 0 fully saturated rings. The van der Waals surface area contributed by atoms with Gasteiger partial charge in [-0.05, 0) is 63.0 Å². The van der Waals surface area contributed by atoms with Crippen molar-refractivity contribution in [2.45, 2.75) is 12.3 Å². The van der Waals surface area contributed by atoms with Crippen LogP contribution in [0.1, 0.15) is 33.8 Å². The fourth-order valence-corrected chi connectivity index (χ4v) is 4.43. The summed E-state index contributed by atoms with van der Waals surface area (Å²) in [6.07, 6.45) is -0.625. The molecule has 7 nitrogen and oxygen atoms in total. The smallest absolute Gasteiger partial charge is 0.407 e. The highest BCUT2D eigenvalue weighted by Crippen LogP contribution is 2.44. The molecule has 168 valence electrons. The van der Waals surface area contributed by atoms with Gasteiger partial charge in [-0.2, -0.15) is 0 Å². The van der Waals surface area contributed by atoms with E-state index in [4.69, 9.17) is 4.74 Å². The second-order valence-corrected chi connectivity index (χ2v) is 8.79. The average molecular weight is 556 g/mol. The highest BCUT2D eigenvalue weighted by molar-refractivity contribution is 14.1. The van der Waals surface area contributed by atoms with Gasteiger partial charge in [0, 0.05) is 22.5 Å². The number of hydrogen-bond acceptors (Lipinski definition) is 4. The van der Waals surface area contributed by atoms with Crippen LogP contribution >= 0.6 is 22.6 Å². The number of carbonyl (C=O) groups is 3. The van der Waals surface area contributed by atoms with Gasteiger partial charge in [0.2, 0.25) is 5.91 Å². The van der Waals surface area contributed by atoms with Gasteiger partial charge in [0.15, 0.2) is 0 Å². The molecule has 1 aliphatic carbocycles. The molecule has 3 N–H and O–H groups in total. The lowest BCUT2D eigenvalue weighted by molar-refractivity contribution is -0.116.